The lowest BCUT2D eigenvalue weighted by Crippen LogP contribution is -2.22. The Balaban J connectivity index is 2.11. The third-order valence-corrected chi connectivity index (χ3v) is 5.15. The van der Waals surface area contributed by atoms with Gasteiger partial charge in [-0.05, 0) is 18.1 Å². The van der Waals surface area contributed by atoms with Crippen LogP contribution in [0.3, 0.4) is 0 Å². The lowest BCUT2D eigenvalue weighted by Gasteiger charge is -2.12. The Morgan fingerprint density at radius 1 is 1.28 bits per heavy atom. The van der Waals surface area contributed by atoms with Gasteiger partial charge in [0, 0.05) is 34.2 Å². The predicted molar refractivity (Wildman–Crippen MR) is 104 cm³/mol. The molecule has 0 radical (unpaired) electrons. The molecule has 25 heavy (non-hydrogen) atoms. The first-order chi connectivity index (χ1) is 11.8. The van der Waals surface area contributed by atoms with Gasteiger partial charge in [-0.3, -0.25) is 9.59 Å². The molecule has 0 spiro atoms. The molecule has 0 saturated carbocycles. The Bertz CT molecular complexity index is 1110. The molecule has 3 rings (SSSR count). The number of thiazole rings is 1. The largest absolute Gasteiger partial charge is 0.360 e. The van der Waals surface area contributed by atoms with E-state index in [1.807, 2.05) is 39.1 Å². The molecule has 2 N–H and O–H groups in total. The van der Waals surface area contributed by atoms with Gasteiger partial charge in [0.1, 0.15) is 0 Å². The highest BCUT2D eigenvalue weighted by Crippen LogP contribution is 2.22. The van der Waals surface area contributed by atoms with Gasteiger partial charge in [-0.1, -0.05) is 45.9 Å². The summed E-state index contributed by atoms with van der Waals surface area (Å²) >= 11 is 1.31. The van der Waals surface area contributed by atoms with Crippen molar-refractivity contribution in [1.29, 1.82) is 0 Å². The van der Waals surface area contributed by atoms with Gasteiger partial charge >= 0.3 is 0 Å². The maximum atomic E-state index is 12.2. The summed E-state index contributed by atoms with van der Waals surface area (Å²) in [6.45, 7) is 7.71. The molecule has 0 aliphatic rings. The highest BCUT2D eigenvalue weighted by Gasteiger charge is 2.18. The standard InChI is InChI=1S/C20H22N2O2S/c1-5-12-7-6-8-14-13(11-21-18(12)14)9-15-19(24)22-17(25-15)10-16(23)20(2,3)4/h6-11,21H,5H2,1-4H3,(H,22,24)/b15-9+,17-10+. The number of aryl methyl sites for hydroxylation is 1. The molecule has 0 atom stereocenters. The smallest absolute Gasteiger partial charge is 0.266 e. The molecule has 0 bridgehead atoms. The van der Waals surface area contributed by atoms with Gasteiger partial charge in [0.05, 0.1) is 9.20 Å². The number of benzene rings is 1. The molecular weight excluding hydrogens is 332 g/mol. The number of rotatable bonds is 3. The van der Waals surface area contributed by atoms with Crippen molar-refractivity contribution in [3.05, 3.63) is 55.1 Å². The van der Waals surface area contributed by atoms with E-state index in [1.54, 1.807) is 0 Å². The van der Waals surface area contributed by atoms with Gasteiger partial charge in [-0.15, -0.1) is 11.3 Å². The third kappa shape index (κ3) is 3.51. The number of hydrogen-bond acceptors (Lipinski definition) is 3. The summed E-state index contributed by atoms with van der Waals surface area (Å²) in [5.41, 5.74) is 2.71. The molecule has 5 heteroatoms. The lowest BCUT2D eigenvalue weighted by molar-refractivity contribution is -0.119. The highest BCUT2D eigenvalue weighted by molar-refractivity contribution is 7.07. The Morgan fingerprint density at radius 3 is 2.72 bits per heavy atom. The van der Waals surface area contributed by atoms with Gasteiger partial charge < -0.3 is 9.97 Å². The van der Waals surface area contributed by atoms with Crippen molar-refractivity contribution < 1.29 is 4.79 Å². The van der Waals surface area contributed by atoms with Crippen LogP contribution in [0.25, 0.3) is 23.1 Å². The number of fused-ring (bicyclic) bond motifs is 1. The van der Waals surface area contributed by atoms with E-state index in [9.17, 15) is 9.59 Å². The molecule has 0 unspecified atom stereocenters. The van der Waals surface area contributed by atoms with Crippen molar-refractivity contribution in [1.82, 2.24) is 9.97 Å². The molecule has 0 saturated heterocycles. The summed E-state index contributed by atoms with van der Waals surface area (Å²) in [6.07, 6.45) is 6.27. The molecule has 4 nitrogen and oxygen atoms in total. The minimum atomic E-state index is -0.460. The number of nitrogens with one attached hydrogen (secondary N) is 2. The summed E-state index contributed by atoms with van der Waals surface area (Å²) in [7, 11) is 0. The van der Waals surface area contributed by atoms with E-state index < -0.39 is 5.41 Å². The summed E-state index contributed by atoms with van der Waals surface area (Å²) < 4.78 is 1.18. The number of ketones is 1. The van der Waals surface area contributed by atoms with Crippen LogP contribution in [0.15, 0.2) is 29.2 Å². The predicted octanol–water partition coefficient (Wildman–Crippen LogP) is 2.70. The lowest BCUT2D eigenvalue weighted by atomic mass is 9.91. The molecule has 2 aromatic heterocycles. The van der Waals surface area contributed by atoms with Crippen molar-refractivity contribution >= 4 is 40.2 Å². The molecule has 0 aliphatic carbocycles. The molecule has 130 valence electrons. The average Bonchev–Trinajstić information content (AvgIpc) is 3.11. The Hall–Kier alpha value is -2.40. The zero-order valence-electron chi connectivity index (χ0n) is 14.9. The van der Waals surface area contributed by atoms with Crippen molar-refractivity contribution in [3.63, 3.8) is 0 Å². The topological polar surface area (TPSA) is 65.7 Å². The van der Waals surface area contributed by atoms with Gasteiger partial charge in [0.2, 0.25) is 0 Å². The van der Waals surface area contributed by atoms with Crippen LogP contribution in [0, 0.1) is 5.41 Å². The number of aromatic amines is 2. The van der Waals surface area contributed by atoms with Crippen molar-refractivity contribution in [2.24, 2.45) is 5.41 Å². The molecule has 0 aliphatic heterocycles. The van der Waals surface area contributed by atoms with E-state index in [-0.39, 0.29) is 11.3 Å². The van der Waals surface area contributed by atoms with Crippen LogP contribution >= 0.6 is 11.3 Å². The molecule has 0 fully saturated rings. The maximum Gasteiger partial charge on any atom is 0.266 e. The Morgan fingerprint density at radius 2 is 2.04 bits per heavy atom. The van der Waals surface area contributed by atoms with E-state index in [0.717, 1.165) is 22.9 Å². The second-order valence-corrected chi connectivity index (χ2v) is 8.21. The number of para-hydroxylation sites is 1. The Labute approximate surface area is 149 Å². The molecule has 0 amide bonds. The fourth-order valence-electron chi connectivity index (χ4n) is 2.65. The van der Waals surface area contributed by atoms with Gasteiger partial charge in [0.15, 0.2) is 5.78 Å². The van der Waals surface area contributed by atoms with Gasteiger partial charge in [-0.2, -0.15) is 0 Å². The molecular formula is C20H22N2O2S. The third-order valence-electron chi connectivity index (χ3n) is 4.18. The summed E-state index contributed by atoms with van der Waals surface area (Å²) in [5.74, 6) is -0.00349. The number of H-pyrrole nitrogens is 2. The monoisotopic (exact) mass is 354 g/mol. The van der Waals surface area contributed by atoms with Gasteiger partial charge in [-0.25, -0.2) is 0 Å². The van der Waals surface area contributed by atoms with Crippen molar-refractivity contribution in [2.75, 3.05) is 0 Å². The van der Waals surface area contributed by atoms with Crippen LogP contribution in [0.4, 0.5) is 0 Å². The molecule has 1 aromatic carbocycles. The SMILES string of the molecule is CCc1cccc2c(/C=c3/s/c(=C/C(=O)C(C)(C)C)[nH]c3=O)c[nH]c12. The molecule has 3 aromatic rings. The quantitative estimate of drug-likeness (QED) is 0.759. The van der Waals surface area contributed by atoms with Crippen LogP contribution in [0.2, 0.25) is 0 Å². The van der Waals surface area contributed by atoms with E-state index in [2.05, 4.69) is 29.0 Å². The Kier molecular flexibility index (Phi) is 4.52. The van der Waals surface area contributed by atoms with Crippen molar-refractivity contribution in [3.8, 4) is 0 Å². The fraction of sp³-hybridized carbons (Fsp3) is 0.300. The minimum Gasteiger partial charge on any atom is -0.360 e. The van der Waals surface area contributed by atoms with Gasteiger partial charge in [0.25, 0.3) is 5.56 Å². The fourth-order valence-corrected chi connectivity index (χ4v) is 3.53. The molecule has 2 heterocycles. The second-order valence-electron chi connectivity index (χ2n) is 7.12. The first-order valence-electron chi connectivity index (χ1n) is 8.35. The van der Waals surface area contributed by atoms with Crippen LogP contribution in [0.1, 0.15) is 38.8 Å². The van der Waals surface area contributed by atoms with Crippen LogP contribution in [-0.2, 0) is 11.2 Å². The van der Waals surface area contributed by atoms with E-state index in [4.69, 9.17) is 0 Å². The maximum absolute atomic E-state index is 12.2. The van der Waals surface area contributed by atoms with E-state index >= 15 is 0 Å². The first-order valence-corrected chi connectivity index (χ1v) is 9.17. The van der Waals surface area contributed by atoms with Crippen molar-refractivity contribution in [2.45, 2.75) is 34.1 Å². The normalized spacial score (nSPS) is 13.8. The summed E-state index contributed by atoms with van der Waals surface area (Å²) in [4.78, 5) is 30.5. The minimum absolute atomic E-state index is 0.00349. The number of hydrogen-bond donors (Lipinski definition) is 2. The van der Waals surface area contributed by atoms with E-state index in [0.29, 0.717) is 9.20 Å². The zero-order chi connectivity index (χ0) is 18.2. The summed E-state index contributed by atoms with van der Waals surface area (Å²) in [6, 6.07) is 6.19. The number of aromatic nitrogens is 2. The second kappa shape index (κ2) is 6.48. The van der Waals surface area contributed by atoms with E-state index in [1.165, 1.54) is 23.0 Å². The number of Topliss-reactive ketones (excluding diaryl/α,β-unsaturated/α-hetero) is 1. The zero-order valence-corrected chi connectivity index (χ0v) is 15.7. The number of carbonyl (C=O) groups is 1. The highest BCUT2D eigenvalue weighted by atomic mass is 32.1. The average molecular weight is 354 g/mol. The first kappa shape index (κ1) is 17.4. The van der Waals surface area contributed by atoms with Crippen LogP contribution in [-0.4, -0.2) is 15.8 Å². The van der Waals surface area contributed by atoms with Crippen LogP contribution < -0.4 is 14.8 Å². The van der Waals surface area contributed by atoms with Crippen LogP contribution in [0.5, 0.6) is 0 Å². The number of carbonyl (C=O) groups excluding carboxylic acids is 1. The summed E-state index contributed by atoms with van der Waals surface area (Å²) in [5, 5.41) is 1.10.